The highest BCUT2D eigenvalue weighted by Gasteiger charge is 2.45. The van der Waals surface area contributed by atoms with E-state index in [2.05, 4.69) is 115 Å². The maximum Gasteiger partial charge on any atom is 0.337 e. The van der Waals surface area contributed by atoms with Crippen LogP contribution in [0.5, 0.6) is 0 Å². The van der Waals surface area contributed by atoms with Gasteiger partial charge in [-0.05, 0) is 65.2 Å². The summed E-state index contributed by atoms with van der Waals surface area (Å²) in [5, 5.41) is 4.14. The van der Waals surface area contributed by atoms with Crippen LogP contribution in [0, 0.1) is 0 Å². The van der Waals surface area contributed by atoms with Gasteiger partial charge in [-0.2, -0.15) is 0 Å². The molecule has 0 atom stereocenters. The number of hydrogen-bond donors (Lipinski definition) is 0. The summed E-state index contributed by atoms with van der Waals surface area (Å²) in [7, 11) is -0.534. The highest BCUT2D eigenvalue weighted by molar-refractivity contribution is 7.95. The molecule has 5 aromatic rings. The van der Waals surface area contributed by atoms with E-state index >= 15 is 0 Å². The average molecular weight is 488 g/mol. The highest BCUT2D eigenvalue weighted by atomic mass is 31.2. The predicted octanol–water partition coefficient (Wildman–Crippen LogP) is 6.63. The van der Waals surface area contributed by atoms with Crippen LogP contribution in [0.15, 0.2) is 140 Å². The fourth-order valence-corrected chi connectivity index (χ4v) is 9.01. The van der Waals surface area contributed by atoms with Crippen LogP contribution < -0.4 is 15.9 Å². The first-order valence-electron chi connectivity index (χ1n) is 12.0. The summed E-state index contributed by atoms with van der Waals surface area (Å²) in [6.45, 7) is 0. The molecule has 0 N–H and O–H groups in total. The maximum atomic E-state index is 11.8. The first-order chi connectivity index (χ1) is 17.7. The van der Waals surface area contributed by atoms with E-state index in [1.54, 1.807) is 0 Å². The number of hydrogen-bond acceptors (Lipinski definition) is 2. The van der Waals surface area contributed by atoms with E-state index in [1.165, 1.54) is 28.6 Å². The Bertz CT molecular complexity index is 1320. The molecule has 0 radical (unpaired) electrons. The third-order valence-electron chi connectivity index (χ3n) is 6.60. The Labute approximate surface area is 213 Å². The normalized spacial score (nSPS) is 11.1. The quantitative estimate of drug-likeness (QED) is 0.190. The number of methoxy groups -OCH3 is 1. The lowest BCUT2D eigenvalue weighted by molar-refractivity contribution is 0.0600. The number of carbonyl (C=O) groups is 1. The Morgan fingerprint density at radius 1 is 0.556 bits per heavy atom. The van der Waals surface area contributed by atoms with Crippen LogP contribution in [0.25, 0.3) is 11.1 Å². The van der Waals surface area contributed by atoms with Gasteiger partial charge in [-0.25, -0.2) is 4.79 Å². The van der Waals surface area contributed by atoms with Crippen LogP contribution in [0.3, 0.4) is 0 Å². The van der Waals surface area contributed by atoms with E-state index in [4.69, 9.17) is 4.74 Å². The number of esters is 1. The molecule has 0 bridgehead atoms. The maximum absolute atomic E-state index is 11.8. The molecule has 5 aromatic carbocycles. The van der Waals surface area contributed by atoms with Crippen molar-refractivity contribution in [3.8, 4) is 11.1 Å². The van der Waals surface area contributed by atoms with Crippen molar-refractivity contribution >= 4 is 29.1 Å². The van der Waals surface area contributed by atoms with Crippen molar-refractivity contribution in [1.29, 1.82) is 0 Å². The minimum atomic E-state index is -1.93. The summed E-state index contributed by atoms with van der Waals surface area (Å²) in [4.78, 5) is 11.8. The van der Waals surface area contributed by atoms with Crippen molar-refractivity contribution < 1.29 is 9.53 Å². The second-order valence-electron chi connectivity index (χ2n) is 8.74. The zero-order valence-electron chi connectivity index (χ0n) is 20.2. The summed E-state index contributed by atoms with van der Waals surface area (Å²) in [5.74, 6) is -0.319. The molecular weight excluding hydrogens is 459 g/mol. The molecule has 0 unspecified atom stereocenters. The Hall–Kier alpha value is -4.00. The molecule has 5 rings (SSSR count). The van der Waals surface area contributed by atoms with Crippen LogP contribution in [0.1, 0.15) is 15.9 Å². The van der Waals surface area contributed by atoms with E-state index in [9.17, 15) is 4.79 Å². The highest BCUT2D eigenvalue weighted by Crippen LogP contribution is 2.58. The largest absolute Gasteiger partial charge is 0.465 e. The summed E-state index contributed by atoms with van der Waals surface area (Å²) in [6, 6.07) is 49.3. The van der Waals surface area contributed by atoms with E-state index in [0.717, 1.165) is 17.3 Å². The van der Waals surface area contributed by atoms with Gasteiger partial charge in [0.15, 0.2) is 0 Å². The van der Waals surface area contributed by atoms with E-state index < -0.39 is 7.26 Å². The molecule has 0 amide bonds. The Morgan fingerprint density at radius 3 is 1.33 bits per heavy atom. The van der Waals surface area contributed by atoms with Crippen molar-refractivity contribution in [3.05, 3.63) is 151 Å². The van der Waals surface area contributed by atoms with Crippen molar-refractivity contribution in [3.63, 3.8) is 0 Å². The van der Waals surface area contributed by atoms with Crippen LogP contribution >= 0.6 is 7.26 Å². The Kier molecular flexibility index (Phi) is 7.07. The Morgan fingerprint density at radius 2 is 0.944 bits per heavy atom. The molecule has 0 aliphatic carbocycles. The standard InChI is InChI=1S/C33H28O2P/c1-35-33(34)29-23-21-28(22-24-29)27-19-17-26(18-20-27)25-36(30-11-5-2-6-12-30,31-13-7-3-8-14-31)32-15-9-4-10-16-32/h2-24H,25H2,1H3/q+1. The van der Waals surface area contributed by atoms with Gasteiger partial charge in [0.2, 0.25) is 0 Å². The van der Waals surface area contributed by atoms with Crippen LogP contribution in [0.2, 0.25) is 0 Å². The van der Waals surface area contributed by atoms with Crippen LogP contribution in [-0.2, 0) is 10.9 Å². The molecule has 0 spiro atoms. The van der Waals surface area contributed by atoms with Gasteiger partial charge in [0.05, 0.1) is 18.8 Å². The van der Waals surface area contributed by atoms with E-state index in [1.807, 2.05) is 24.3 Å². The topological polar surface area (TPSA) is 26.3 Å². The summed E-state index contributed by atoms with van der Waals surface area (Å²) < 4.78 is 4.82. The zero-order valence-corrected chi connectivity index (χ0v) is 21.1. The summed E-state index contributed by atoms with van der Waals surface area (Å²) in [5.41, 5.74) is 4.05. The van der Waals surface area contributed by atoms with Crippen molar-refractivity contribution in [2.24, 2.45) is 0 Å². The SMILES string of the molecule is COC(=O)c1ccc(-c2ccc(C[P+](c3ccccc3)(c3ccccc3)c3ccccc3)cc2)cc1. The second-order valence-corrected chi connectivity index (χ2v) is 12.2. The van der Waals surface area contributed by atoms with E-state index in [0.29, 0.717) is 5.56 Å². The zero-order chi connectivity index (χ0) is 24.8. The van der Waals surface area contributed by atoms with Crippen molar-refractivity contribution in [2.45, 2.75) is 6.16 Å². The molecule has 0 aliphatic heterocycles. The fourth-order valence-electron chi connectivity index (χ4n) is 4.76. The minimum Gasteiger partial charge on any atom is -0.465 e. The molecule has 0 fully saturated rings. The van der Waals surface area contributed by atoms with Gasteiger partial charge in [0.1, 0.15) is 23.2 Å². The van der Waals surface area contributed by atoms with Gasteiger partial charge in [-0.1, -0.05) is 91.0 Å². The number of benzene rings is 5. The third-order valence-corrected chi connectivity index (χ3v) is 11.0. The van der Waals surface area contributed by atoms with Crippen molar-refractivity contribution in [2.75, 3.05) is 7.11 Å². The first-order valence-corrected chi connectivity index (χ1v) is 14.0. The molecule has 0 aliphatic rings. The molecule has 0 aromatic heterocycles. The lowest BCUT2D eigenvalue weighted by Crippen LogP contribution is -2.32. The van der Waals surface area contributed by atoms with Crippen LogP contribution in [0.4, 0.5) is 0 Å². The monoisotopic (exact) mass is 487 g/mol. The molecule has 176 valence electrons. The lowest BCUT2D eigenvalue weighted by atomic mass is 10.0. The molecular formula is C33H28O2P+. The van der Waals surface area contributed by atoms with Gasteiger partial charge in [-0.3, -0.25) is 0 Å². The van der Waals surface area contributed by atoms with Gasteiger partial charge in [0.25, 0.3) is 0 Å². The van der Waals surface area contributed by atoms with Gasteiger partial charge < -0.3 is 4.74 Å². The molecule has 36 heavy (non-hydrogen) atoms. The smallest absolute Gasteiger partial charge is 0.337 e. The lowest BCUT2D eigenvalue weighted by Gasteiger charge is -2.28. The van der Waals surface area contributed by atoms with Crippen LogP contribution in [-0.4, -0.2) is 13.1 Å². The van der Waals surface area contributed by atoms with Gasteiger partial charge in [-0.15, -0.1) is 0 Å². The molecule has 0 saturated carbocycles. The summed E-state index contributed by atoms with van der Waals surface area (Å²) >= 11 is 0. The predicted molar refractivity (Wildman–Crippen MR) is 152 cm³/mol. The average Bonchev–Trinajstić information content (AvgIpc) is 2.97. The fraction of sp³-hybridized carbons (Fsp3) is 0.0606. The molecule has 3 heteroatoms. The molecule has 2 nitrogen and oxygen atoms in total. The summed E-state index contributed by atoms with van der Waals surface area (Å²) in [6.07, 6.45) is 0.937. The van der Waals surface area contributed by atoms with Gasteiger partial charge >= 0.3 is 5.97 Å². The number of ether oxygens (including phenoxy) is 1. The van der Waals surface area contributed by atoms with Gasteiger partial charge in [0, 0.05) is 0 Å². The minimum absolute atomic E-state index is 0.319. The van der Waals surface area contributed by atoms with Crippen molar-refractivity contribution in [1.82, 2.24) is 0 Å². The van der Waals surface area contributed by atoms with E-state index in [-0.39, 0.29) is 5.97 Å². The number of rotatable bonds is 7. The molecule has 0 heterocycles. The Balaban J connectivity index is 1.56. The first kappa shape index (κ1) is 23.7. The third kappa shape index (κ3) is 4.73. The second kappa shape index (κ2) is 10.7. The molecule has 0 saturated heterocycles. The number of carbonyl (C=O) groups excluding carboxylic acids is 1.